The Kier molecular flexibility index (Phi) is 7.21. The molecule has 146 valence electrons. The highest BCUT2D eigenvalue weighted by Gasteiger charge is 2.12. The zero-order valence-electron chi connectivity index (χ0n) is 16.5. The van der Waals surface area contributed by atoms with Crippen LogP contribution in [0.2, 0.25) is 0 Å². The number of aliphatic imine (C=N–C) groups is 1. The summed E-state index contributed by atoms with van der Waals surface area (Å²) in [7, 11) is 1.89. The molecule has 0 unspecified atom stereocenters. The molecule has 7 nitrogen and oxygen atoms in total. The third-order valence-electron chi connectivity index (χ3n) is 4.93. The lowest BCUT2D eigenvalue weighted by molar-refractivity contribution is 0.220. The largest absolute Gasteiger partial charge is 0.357 e. The van der Waals surface area contributed by atoms with Crippen LogP contribution in [-0.2, 0) is 26.7 Å². The summed E-state index contributed by atoms with van der Waals surface area (Å²) in [5, 5.41) is 10.7. The zero-order chi connectivity index (χ0) is 18.9. The van der Waals surface area contributed by atoms with Gasteiger partial charge < -0.3 is 10.6 Å². The van der Waals surface area contributed by atoms with Crippen LogP contribution in [0.4, 0.5) is 0 Å². The van der Waals surface area contributed by atoms with Crippen LogP contribution in [0.1, 0.15) is 43.1 Å². The molecule has 27 heavy (non-hydrogen) atoms. The van der Waals surface area contributed by atoms with E-state index in [4.69, 9.17) is 4.99 Å². The summed E-state index contributed by atoms with van der Waals surface area (Å²) in [5.74, 6) is 1.68. The van der Waals surface area contributed by atoms with E-state index in [-0.39, 0.29) is 0 Å². The first kappa shape index (κ1) is 19.4. The minimum atomic E-state index is 0.595. The monoisotopic (exact) mass is 369 g/mol. The fraction of sp³-hybridized carbons (Fsp3) is 0.550. The van der Waals surface area contributed by atoms with E-state index in [0.29, 0.717) is 13.1 Å². The lowest BCUT2D eigenvalue weighted by atomic mass is 10.1. The van der Waals surface area contributed by atoms with Gasteiger partial charge in [-0.15, -0.1) is 0 Å². The molecule has 1 aromatic carbocycles. The van der Waals surface area contributed by atoms with Gasteiger partial charge in [0.05, 0.1) is 13.1 Å². The summed E-state index contributed by atoms with van der Waals surface area (Å²) >= 11 is 0. The van der Waals surface area contributed by atoms with Crippen molar-refractivity contribution in [1.29, 1.82) is 0 Å². The third-order valence-corrected chi connectivity index (χ3v) is 4.93. The van der Waals surface area contributed by atoms with E-state index in [1.54, 1.807) is 11.0 Å². The molecule has 0 bridgehead atoms. The lowest BCUT2D eigenvalue weighted by Gasteiger charge is -2.27. The van der Waals surface area contributed by atoms with Crippen molar-refractivity contribution in [3.8, 4) is 0 Å². The predicted molar refractivity (Wildman–Crippen MR) is 108 cm³/mol. The molecule has 1 aromatic heterocycles. The van der Waals surface area contributed by atoms with E-state index in [0.717, 1.165) is 24.9 Å². The lowest BCUT2D eigenvalue weighted by Crippen LogP contribution is -2.37. The van der Waals surface area contributed by atoms with Crippen LogP contribution in [0.15, 0.2) is 35.6 Å². The average Bonchev–Trinajstić information content (AvgIpc) is 3.11. The topological polar surface area (TPSA) is 70.4 Å². The van der Waals surface area contributed by atoms with Crippen molar-refractivity contribution in [3.05, 3.63) is 47.5 Å². The van der Waals surface area contributed by atoms with Gasteiger partial charge in [0.1, 0.15) is 12.2 Å². The molecule has 1 aliphatic rings. The summed E-state index contributed by atoms with van der Waals surface area (Å²) in [6.07, 6.45) is 5.57. The second-order valence-electron chi connectivity index (χ2n) is 6.95. The highest BCUT2D eigenvalue weighted by atomic mass is 15.3. The summed E-state index contributed by atoms with van der Waals surface area (Å²) in [5.41, 5.74) is 2.67. The first-order valence-corrected chi connectivity index (χ1v) is 9.90. The van der Waals surface area contributed by atoms with E-state index in [1.165, 1.54) is 43.5 Å². The fourth-order valence-electron chi connectivity index (χ4n) is 3.37. The van der Waals surface area contributed by atoms with E-state index in [2.05, 4.69) is 56.8 Å². The van der Waals surface area contributed by atoms with Gasteiger partial charge in [-0.25, -0.2) is 9.98 Å². The van der Waals surface area contributed by atoms with Gasteiger partial charge >= 0.3 is 0 Å². The van der Waals surface area contributed by atoms with Crippen LogP contribution >= 0.6 is 0 Å². The maximum atomic E-state index is 4.79. The van der Waals surface area contributed by atoms with Gasteiger partial charge in [0.15, 0.2) is 5.96 Å². The predicted octanol–water partition coefficient (Wildman–Crippen LogP) is 2.06. The van der Waals surface area contributed by atoms with Crippen molar-refractivity contribution < 1.29 is 0 Å². The number of hydrogen-bond donors (Lipinski definition) is 2. The Labute approximate surface area is 161 Å². The number of nitrogens with zero attached hydrogens (tertiary/aromatic N) is 5. The van der Waals surface area contributed by atoms with Crippen molar-refractivity contribution in [3.63, 3.8) is 0 Å². The number of hydrogen-bond acceptors (Lipinski definition) is 4. The van der Waals surface area contributed by atoms with Gasteiger partial charge in [-0.2, -0.15) is 5.10 Å². The Bertz CT molecular complexity index is 731. The number of aryl methyl sites for hydroxylation is 1. The maximum absolute atomic E-state index is 4.79. The van der Waals surface area contributed by atoms with E-state index >= 15 is 0 Å². The minimum absolute atomic E-state index is 0.595. The van der Waals surface area contributed by atoms with Gasteiger partial charge in [0.25, 0.3) is 0 Å². The third kappa shape index (κ3) is 5.79. The summed E-state index contributed by atoms with van der Waals surface area (Å²) in [4.78, 5) is 11.6. The highest BCUT2D eigenvalue weighted by Crippen LogP contribution is 2.16. The van der Waals surface area contributed by atoms with Crippen LogP contribution < -0.4 is 10.6 Å². The van der Waals surface area contributed by atoms with E-state index in [1.807, 2.05) is 7.05 Å². The molecule has 1 aliphatic heterocycles. The molecule has 0 saturated carbocycles. The van der Waals surface area contributed by atoms with Crippen LogP contribution in [0.3, 0.4) is 0 Å². The molecule has 1 fully saturated rings. The van der Waals surface area contributed by atoms with Gasteiger partial charge in [0.2, 0.25) is 0 Å². The molecular weight excluding hydrogens is 338 g/mol. The smallest absolute Gasteiger partial charge is 0.191 e. The maximum Gasteiger partial charge on any atom is 0.191 e. The van der Waals surface area contributed by atoms with Gasteiger partial charge in [0, 0.05) is 20.1 Å². The van der Waals surface area contributed by atoms with Gasteiger partial charge in [-0.1, -0.05) is 30.7 Å². The number of likely N-dealkylation sites (tertiary alicyclic amines) is 1. The molecular formula is C20H31N7. The molecule has 0 atom stereocenters. The number of aromatic nitrogens is 3. The molecule has 2 aromatic rings. The van der Waals surface area contributed by atoms with Crippen molar-refractivity contribution in [2.24, 2.45) is 12.0 Å². The van der Waals surface area contributed by atoms with Gasteiger partial charge in [-0.05, 0) is 44.0 Å². The SMILES string of the molecule is CCNC(=NCc1ccccc1CN1CCCCC1)NCc1ncnn1C. The van der Waals surface area contributed by atoms with Crippen LogP contribution in [-0.4, -0.2) is 45.3 Å². The van der Waals surface area contributed by atoms with Crippen molar-refractivity contribution in [2.75, 3.05) is 19.6 Å². The zero-order valence-corrected chi connectivity index (χ0v) is 16.5. The number of benzene rings is 1. The van der Waals surface area contributed by atoms with Crippen molar-refractivity contribution in [2.45, 2.75) is 45.8 Å². The molecule has 2 N–H and O–H groups in total. The minimum Gasteiger partial charge on any atom is -0.357 e. The average molecular weight is 370 g/mol. The number of guanidine groups is 1. The second-order valence-corrected chi connectivity index (χ2v) is 6.95. The molecule has 0 radical (unpaired) electrons. The van der Waals surface area contributed by atoms with Crippen LogP contribution in [0.25, 0.3) is 0 Å². The molecule has 1 saturated heterocycles. The first-order chi connectivity index (χ1) is 13.3. The quantitative estimate of drug-likeness (QED) is 0.577. The molecule has 0 aliphatic carbocycles. The van der Waals surface area contributed by atoms with Crippen molar-refractivity contribution in [1.82, 2.24) is 30.3 Å². The molecule has 0 amide bonds. The Morgan fingerprint density at radius 2 is 1.89 bits per heavy atom. The number of piperidine rings is 1. The normalized spacial score (nSPS) is 15.7. The molecule has 7 heteroatoms. The Balaban J connectivity index is 1.63. The second kappa shape index (κ2) is 10.1. The number of nitrogens with one attached hydrogen (secondary N) is 2. The standard InChI is InChI=1S/C20H31N7/c1-3-21-20(23-14-19-24-16-25-26(19)2)22-13-17-9-5-6-10-18(17)15-27-11-7-4-8-12-27/h5-6,9-10,16H,3-4,7-8,11-15H2,1-2H3,(H2,21,22,23). The molecule has 2 heterocycles. The summed E-state index contributed by atoms with van der Waals surface area (Å²) < 4.78 is 1.77. The van der Waals surface area contributed by atoms with E-state index < -0.39 is 0 Å². The van der Waals surface area contributed by atoms with Crippen LogP contribution in [0, 0.1) is 0 Å². The summed E-state index contributed by atoms with van der Waals surface area (Å²) in [6.45, 7) is 7.59. The van der Waals surface area contributed by atoms with Gasteiger partial charge in [-0.3, -0.25) is 9.58 Å². The first-order valence-electron chi connectivity index (χ1n) is 9.90. The Morgan fingerprint density at radius 3 is 2.59 bits per heavy atom. The molecule has 0 spiro atoms. The Morgan fingerprint density at radius 1 is 1.11 bits per heavy atom. The van der Waals surface area contributed by atoms with E-state index in [9.17, 15) is 0 Å². The Hall–Kier alpha value is -2.41. The van der Waals surface area contributed by atoms with Crippen molar-refractivity contribution >= 4 is 5.96 Å². The molecule has 3 rings (SSSR count). The number of rotatable bonds is 7. The summed E-state index contributed by atoms with van der Waals surface area (Å²) in [6, 6.07) is 8.66. The van der Waals surface area contributed by atoms with Crippen LogP contribution in [0.5, 0.6) is 0 Å². The highest BCUT2D eigenvalue weighted by molar-refractivity contribution is 5.79. The fourth-order valence-corrected chi connectivity index (χ4v) is 3.37.